The molecule has 1 fully saturated rings. The van der Waals surface area contributed by atoms with E-state index in [1.807, 2.05) is 6.07 Å². The maximum absolute atomic E-state index is 13.9. The Kier molecular flexibility index (Phi) is 3.61. The first-order valence-corrected chi connectivity index (χ1v) is 7.29. The van der Waals surface area contributed by atoms with Crippen LogP contribution in [0.25, 0.3) is 0 Å². The van der Waals surface area contributed by atoms with Gasteiger partial charge in [-0.3, -0.25) is 0 Å². The van der Waals surface area contributed by atoms with Crippen LogP contribution in [0.4, 0.5) is 8.78 Å². The van der Waals surface area contributed by atoms with Crippen molar-refractivity contribution in [3.05, 3.63) is 69.7 Å². The first kappa shape index (κ1) is 13.7. The summed E-state index contributed by atoms with van der Waals surface area (Å²) < 4.78 is 28.2. The Hall–Kier alpha value is -1.26. The van der Waals surface area contributed by atoms with Crippen molar-refractivity contribution in [2.45, 2.75) is 11.8 Å². The number of hydrogen-bond acceptors (Lipinski definition) is 1. The van der Waals surface area contributed by atoms with Crippen molar-refractivity contribution in [1.82, 2.24) is 5.32 Å². The molecule has 0 unspecified atom stereocenters. The van der Waals surface area contributed by atoms with Gasteiger partial charge in [-0.15, -0.1) is 0 Å². The Morgan fingerprint density at radius 2 is 1.90 bits per heavy atom. The molecule has 2 aromatic carbocycles. The quantitative estimate of drug-likeness (QED) is 0.897. The van der Waals surface area contributed by atoms with E-state index in [0.717, 1.165) is 23.1 Å². The lowest BCUT2D eigenvalue weighted by molar-refractivity contribution is 0.271. The van der Waals surface area contributed by atoms with Crippen LogP contribution in [-0.4, -0.2) is 13.1 Å². The molecule has 0 aliphatic carbocycles. The van der Waals surface area contributed by atoms with Gasteiger partial charge in [-0.1, -0.05) is 28.1 Å². The zero-order valence-electron chi connectivity index (χ0n) is 10.8. The zero-order chi connectivity index (χ0) is 14.2. The van der Waals surface area contributed by atoms with E-state index in [0.29, 0.717) is 12.0 Å². The summed E-state index contributed by atoms with van der Waals surface area (Å²) in [5.74, 6) is -0.459. The summed E-state index contributed by atoms with van der Waals surface area (Å²) in [7, 11) is 0. The first-order valence-electron chi connectivity index (χ1n) is 6.50. The van der Waals surface area contributed by atoms with Crippen LogP contribution in [0.3, 0.4) is 0 Å². The second-order valence-corrected chi connectivity index (χ2v) is 6.22. The molecule has 20 heavy (non-hydrogen) atoms. The summed E-state index contributed by atoms with van der Waals surface area (Å²) in [6.07, 6.45) is 0.564. The lowest BCUT2D eigenvalue weighted by Gasteiger charge is -2.43. The van der Waals surface area contributed by atoms with Gasteiger partial charge in [0.05, 0.1) is 0 Å². The lowest BCUT2D eigenvalue weighted by atomic mass is 9.71. The minimum absolute atomic E-state index is 0.212. The molecule has 0 saturated carbocycles. The van der Waals surface area contributed by atoms with Crippen LogP contribution >= 0.6 is 15.9 Å². The molecule has 0 aromatic heterocycles. The van der Waals surface area contributed by atoms with E-state index in [4.69, 9.17) is 0 Å². The van der Waals surface area contributed by atoms with Crippen molar-refractivity contribution < 1.29 is 8.78 Å². The van der Waals surface area contributed by atoms with Crippen LogP contribution in [0.1, 0.15) is 11.1 Å². The van der Waals surface area contributed by atoms with Gasteiger partial charge in [0.1, 0.15) is 11.6 Å². The highest BCUT2D eigenvalue weighted by Gasteiger charge is 2.39. The molecule has 2 aromatic rings. The summed E-state index contributed by atoms with van der Waals surface area (Å²) in [5.41, 5.74) is 1.37. The van der Waals surface area contributed by atoms with Crippen LogP contribution in [-0.2, 0) is 11.8 Å². The second kappa shape index (κ2) is 5.26. The molecule has 1 N–H and O–H groups in total. The number of nitrogens with one attached hydrogen (secondary N) is 1. The zero-order valence-corrected chi connectivity index (χ0v) is 12.4. The second-order valence-electron chi connectivity index (χ2n) is 5.31. The molecular formula is C16H14BrF2N. The number of halogens is 3. The van der Waals surface area contributed by atoms with Gasteiger partial charge in [-0.25, -0.2) is 8.78 Å². The fraction of sp³-hybridized carbons (Fsp3) is 0.250. The van der Waals surface area contributed by atoms with Gasteiger partial charge in [0.2, 0.25) is 0 Å². The molecule has 1 heterocycles. The summed E-state index contributed by atoms with van der Waals surface area (Å²) in [5, 5.41) is 3.22. The van der Waals surface area contributed by atoms with Crippen molar-refractivity contribution in [1.29, 1.82) is 0 Å². The molecule has 0 radical (unpaired) electrons. The van der Waals surface area contributed by atoms with Gasteiger partial charge in [0, 0.05) is 23.0 Å². The van der Waals surface area contributed by atoms with E-state index >= 15 is 0 Å². The van der Waals surface area contributed by atoms with E-state index in [2.05, 4.69) is 21.2 Å². The highest BCUT2D eigenvalue weighted by atomic mass is 79.9. The smallest absolute Gasteiger partial charge is 0.126 e. The third kappa shape index (κ3) is 2.50. The van der Waals surface area contributed by atoms with Gasteiger partial charge in [-0.2, -0.15) is 0 Å². The molecule has 1 aliphatic rings. The average Bonchev–Trinajstić information content (AvgIpc) is 2.38. The molecule has 0 atom stereocenters. The van der Waals surface area contributed by atoms with Crippen molar-refractivity contribution in [2.75, 3.05) is 13.1 Å². The van der Waals surface area contributed by atoms with E-state index in [-0.39, 0.29) is 17.0 Å². The Morgan fingerprint density at radius 3 is 2.55 bits per heavy atom. The van der Waals surface area contributed by atoms with Crippen LogP contribution < -0.4 is 5.32 Å². The monoisotopic (exact) mass is 337 g/mol. The van der Waals surface area contributed by atoms with Crippen molar-refractivity contribution >= 4 is 15.9 Å². The molecule has 0 spiro atoms. The van der Waals surface area contributed by atoms with Crippen LogP contribution in [0.2, 0.25) is 0 Å². The highest BCUT2D eigenvalue weighted by molar-refractivity contribution is 9.10. The topological polar surface area (TPSA) is 12.0 Å². The van der Waals surface area contributed by atoms with E-state index in [1.165, 1.54) is 12.1 Å². The number of benzene rings is 2. The third-order valence-corrected chi connectivity index (χ3v) is 4.39. The molecule has 0 amide bonds. The summed E-state index contributed by atoms with van der Waals surface area (Å²) in [6.45, 7) is 1.48. The van der Waals surface area contributed by atoms with Crippen molar-refractivity contribution in [3.63, 3.8) is 0 Å². The third-order valence-electron chi connectivity index (χ3n) is 3.90. The Labute approximate surface area is 125 Å². The molecule has 3 rings (SSSR count). The predicted octanol–water partition coefficient (Wildman–Crippen LogP) is 3.81. The fourth-order valence-electron chi connectivity index (χ4n) is 2.72. The van der Waals surface area contributed by atoms with Gasteiger partial charge in [-0.05, 0) is 47.9 Å². The lowest BCUT2D eigenvalue weighted by Crippen LogP contribution is -2.58. The Balaban J connectivity index is 1.96. The summed E-state index contributed by atoms with van der Waals surface area (Å²) in [4.78, 5) is 0. The van der Waals surface area contributed by atoms with Crippen LogP contribution in [0, 0.1) is 11.6 Å². The minimum Gasteiger partial charge on any atom is -0.315 e. The number of rotatable bonds is 3. The Bertz CT molecular complexity index is 638. The van der Waals surface area contributed by atoms with Gasteiger partial charge >= 0.3 is 0 Å². The summed E-state index contributed by atoms with van der Waals surface area (Å²) in [6, 6.07) is 11.6. The first-order chi connectivity index (χ1) is 9.59. The van der Waals surface area contributed by atoms with Crippen molar-refractivity contribution in [2.24, 2.45) is 0 Å². The molecule has 104 valence electrons. The van der Waals surface area contributed by atoms with E-state index in [9.17, 15) is 8.78 Å². The predicted molar refractivity (Wildman–Crippen MR) is 78.8 cm³/mol. The Morgan fingerprint density at radius 1 is 1.10 bits per heavy atom. The van der Waals surface area contributed by atoms with Crippen LogP contribution in [0.5, 0.6) is 0 Å². The maximum Gasteiger partial charge on any atom is 0.126 e. The SMILES string of the molecule is Fc1cccc(C2(Cc3cc(Br)ccc3F)CNC2)c1. The molecular weight excluding hydrogens is 324 g/mol. The largest absolute Gasteiger partial charge is 0.315 e. The summed E-state index contributed by atoms with van der Waals surface area (Å²) >= 11 is 3.37. The van der Waals surface area contributed by atoms with Gasteiger partial charge < -0.3 is 5.32 Å². The highest BCUT2D eigenvalue weighted by Crippen LogP contribution is 2.34. The molecule has 1 saturated heterocycles. The normalized spacial score (nSPS) is 16.8. The van der Waals surface area contributed by atoms with E-state index < -0.39 is 0 Å². The van der Waals surface area contributed by atoms with Gasteiger partial charge in [0.25, 0.3) is 0 Å². The standard InChI is InChI=1S/C16H14BrF2N/c17-13-4-5-15(19)11(6-13)8-16(9-20-10-16)12-2-1-3-14(18)7-12/h1-7,20H,8-10H2. The van der Waals surface area contributed by atoms with Gasteiger partial charge in [0.15, 0.2) is 0 Å². The van der Waals surface area contributed by atoms with Crippen LogP contribution in [0.15, 0.2) is 46.9 Å². The molecule has 1 aliphatic heterocycles. The minimum atomic E-state index is -0.247. The van der Waals surface area contributed by atoms with Crippen molar-refractivity contribution in [3.8, 4) is 0 Å². The number of hydrogen-bond donors (Lipinski definition) is 1. The maximum atomic E-state index is 13.9. The van der Waals surface area contributed by atoms with E-state index in [1.54, 1.807) is 24.3 Å². The molecule has 0 bridgehead atoms. The fourth-order valence-corrected chi connectivity index (χ4v) is 3.13. The molecule has 4 heteroatoms. The average molecular weight is 338 g/mol. The molecule has 1 nitrogen and oxygen atoms in total.